The topological polar surface area (TPSA) is 102 Å². The molecule has 1 saturated heterocycles. The molecule has 0 radical (unpaired) electrons. The number of amides is 1. The minimum absolute atomic E-state index is 0.0433. The summed E-state index contributed by atoms with van der Waals surface area (Å²) in [7, 11) is 0. The van der Waals surface area contributed by atoms with Crippen molar-refractivity contribution in [1.29, 1.82) is 0 Å². The molecule has 2 aliphatic heterocycles. The number of anilines is 4. The molecular weight excluding hydrogens is 557 g/mol. The van der Waals surface area contributed by atoms with Crippen LogP contribution in [0.2, 0.25) is 0 Å². The van der Waals surface area contributed by atoms with E-state index in [2.05, 4.69) is 36.9 Å². The average molecular weight is 597 g/mol. The maximum atomic E-state index is 13.9. The smallest absolute Gasteiger partial charge is 0.389 e. The van der Waals surface area contributed by atoms with Crippen molar-refractivity contribution in [3.63, 3.8) is 0 Å². The van der Waals surface area contributed by atoms with Crippen molar-refractivity contribution in [2.45, 2.75) is 77.1 Å². The van der Waals surface area contributed by atoms with Gasteiger partial charge in [-0.15, -0.1) is 0 Å². The number of nitrogens with zero attached hydrogens (tertiary/aromatic N) is 3. The zero-order valence-corrected chi connectivity index (χ0v) is 25.2. The van der Waals surface area contributed by atoms with Crippen molar-refractivity contribution in [2.24, 2.45) is 0 Å². The predicted molar refractivity (Wildman–Crippen MR) is 162 cm³/mol. The number of aliphatic hydroxyl groups is 1. The highest BCUT2D eigenvalue weighted by Crippen LogP contribution is 2.40. The number of halogens is 3. The van der Waals surface area contributed by atoms with Crippen LogP contribution < -0.4 is 16.0 Å². The zero-order valence-electron chi connectivity index (χ0n) is 25.2. The number of alkyl halides is 3. The molecule has 0 spiro atoms. The number of benzene rings is 2. The summed E-state index contributed by atoms with van der Waals surface area (Å²) in [4.78, 5) is 22.9. The Hall–Kier alpha value is -3.70. The van der Waals surface area contributed by atoms with Crippen molar-refractivity contribution in [1.82, 2.24) is 14.9 Å². The average Bonchev–Trinajstić information content (AvgIpc) is 3.15. The normalized spacial score (nSPS) is 17.5. The fraction of sp³-hybridized carbons (Fsp3) is 0.469. The van der Waals surface area contributed by atoms with Crippen molar-refractivity contribution < 1.29 is 23.1 Å². The SMILES string of the molecule is Cc1cc(C2CCN(CC(C)(C)O)CC2)ccc1Nc1ncc(C(F)(F)F)c(NCc2cccc3c2C(C)(C)C(=O)N3)n1. The fourth-order valence-electron chi connectivity index (χ4n) is 6.12. The van der Waals surface area contributed by atoms with Gasteiger partial charge in [0, 0.05) is 30.7 Å². The molecular formula is C32H39F3N6O2. The zero-order chi connectivity index (χ0) is 31.2. The summed E-state index contributed by atoms with van der Waals surface area (Å²) >= 11 is 0. The predicted octanol–water partition coefficient (Wildman–Crippen LogP) is 6.34. The molecule has 3 aromatic rings. The number of aromatic nitrogens is 2. The van der Waals surface area contributed by atoms with E-state index in [0.717, 1.165) is 43.3 Å². The van der Waals surface area contributed by atoms with Crippen LogP contribution in [0.25, 0.3) is 0 Å². The number of nitrogens with one attached hydrogen (secondary N) is 3. The Balaban J connectivity index is 1.32. The van der Waals surface area contributed by atoms with Crippen LogP contribution in [-0.2, 0) is 22.9 Å². The van der Waals surface area contributed by atoms with Crippen LogP contribution in [0.3, 0.4) is 0 Å². The summed E-state index contributed by atoms with van der Waals surface area (Å²) in [5.41, 5.74) is 2.49. The molecule has 0 unspecified atom stereocenters. The number of β-amino-alcohol motifs (C(OH)–C–C–N with tert-alkyl or cyclic N) is 1. The third-order valence-electron chi connectivity index (χ3n) is 8.30. The van der Waals surface area contributed by atoms with Gasteiger partial charge in [-0.05, 0) is 101 Å². The maximum Gasteiger partial charge on any atom is 0.421 e. The first-order valence-corrected chi connectivity index (χ1v) is 14.6. The highest BCUT2D eigenvalue weighted by Gasteiger charge is 2.40. The Morgan fingerprint density at radius 1 is 1.14 bits per heavy atom. The first-order chi connectivity index (χ1) is 20.1. The molecule has 1 fully saturated rings. The number of hydrogen-bond acceptors (Lipinski definition) is 7. The second-order valence-corrected chi connectivity index (χ2v) is 12.8. The van der Waals surface area contributed by atoms with Gasteiger partial charge in [0.05, 0.1) is 11.0 Å². The molecule has 43 heavy (non-hydrogen) atoms. The van der Waals surface area contributed by atoms with Crippen LogP contribution in [-0.4, -0.2) is 51.1 Å². The number of hydrogen-bond donors (Lipinski definition) is 4. The highest BCUT2D eigenvalue weighted by molar-refractivity contribution is 6.06. The summed E-state index contributed by atoms with van der Waals surface area (Å²) in [6, 6.07) is 11.4. The van der Waals surface area contributed by atoms with Crippen LogP contribution in [0.1, 0.15) is 74.3 Å². The summed E-state index contributed by atoms with van der Waals surface area (Å²) in [5.74, 6) is -0.0533. The van der Waals surface area contributed by atoms with E-state index in [1.54, 1.807) is 32.0 Å². The van der Waals surface area contributed by atoms with Gasteiger partial charge >= 0.3 is 6.18 Å². The number of likely N-dealkylation sites (tertiary alicyclic amines) is 1. The number of rotatable bonds is 8. The van der Waals surface area contributed by atoms with Crippen LogP contribution in [0.15, 0.2) is 42.6 Å². The summed E-state index contributed by atoms with van der Waals surface area (Å²) < 4.78 is 41.7. The van der Waals surface area contributed by atoms with Crippen molar-refractivity contribution in [3.05, 3.63) is 70.4 Å². The van der Waals surface area contributed by atoms with Gasteiger partial charge in [-0.3, -0.25) is 4.79 Å². The first-order valence-electron chi connectivity index (χ1n) is 14.6. The van der Waals surface area contributed by atoms with Gasteiger partial charge in [-0.1, -0.05) is 24.3 Å². The molecule has 1 amide bonds. The number of carbonyl (C=O) groups is 1. The van der Waals surface area contributed by atoms with E-state index in [1.807, 2.05) is 32.9 Å². The van der Waals surface area contributed by atoms with Gasteiger partial charge in [-0.2, -0.15) is 18.2 Å². The molecule has 0 aliphatic carbocycles. The van der Waals surface area contributed by atoms with Gasteiger partial charge < -0.3 is 26.0 Å². The molecule has 3 heterocycles. The van der Waals surface area contributed by atoms with E-state index in [-0.39, 0.29) is 24.2 Å². The molecule has 1 aromatic heterocycles. The Morgan fingerprint density at radius 3 is 2.51 bits per heavy atom. The maximum absolute atomic E-state index is 13.9. The van der Waals surface area contributed by atoms with Gasteiger partial charge in [0.2, 0.25) is 11.9 Å². The molecule has 0 saturated carbocycles. The summed E-state index contributed by atoms with van der Waals surface area (Å²) in [6.07, 6.45) is -1.89. The second-order valence-electron chi connectivity index (χ2n) is 12.8. The van der Waals surface area contributed by atoms with Crippen LogP contribution >= 0.6 is 0 Å². The lowest BCUT2D eigenvalue weighted by Crippen LogP contribution is -2.42. The Kier molecular flexibility index (Phi) is 8.17. The Morgan fingerprint density at radius 2 is 1.86 bits per heavy atom. The van der Waals surface area contributed by atoms with Crippen LogP contribution in [0, 0.1) is 6.92 Å². The lowest BCUT2D eigenvalue weighted by atomic mass is 9.83. The lowest BCUT2D eigenvalue weighted by molar-refractivity contribution is -0.137. The van der Waals surface area contributed by atoms with E-state index in [9.17, 15) is 23.1 Å². The Labute approximate surface area is 250 Å². The molecule has 4 N–H and O–H groups in total. The Bertz CT molecular complexity index is 1510. The first kappa shape index (κ1) is 30.7. The second kappa shape index (κ2) is 11.4. The number of piperidine rings is 1. The van der Waals surface area contributed by atoms with Crippen LogP contribution in [0.5, 0.6) is 0 Å². The molecule has 0 atom stereocenters. The quantitative estimate of drug-likeness (QED) is 0.241. The molecule has 5 rings (SSSR count). The number of aryl methyl sites for hydroxylation is 1. The molecule has 230 valence electrons. The van der Waals surface area contributed by atoms with Crippen LogP contribution in [0.4, 0.5) is 36.3 Å². The van der Waals surface area contributed by atoms with E-state index < -0.39 is 22.8 Å². The summed E-state index contributed by atoms with van der Waals surface area (Å²) in [6.45, 7) is 11.7. The monoisotopic (exact) mass is 596 g/mol. The molecule has 11 heteroatoms. The molecule has 2 aliphatic rings. The molecule has 2 aromatic carbocycles. The van der Waals surface area contributed by atoms with Gasteiger partial charge in [-0.25, -0.2) is 4.98 Å². The van der Waals surface area contributed by atoms with E-state index in [1.165, 1.54) is 5.56 Å². The summed E-state index contributed by atoms with van der Waals surface area (Å²) in [5, 5.41) is 18.9. The largest absolute Gasteiger partial charge is 0.421 e. The van der Waals surface area contributed by atoms with Crippen molar-refractivity contribution >= 4 is 29.0 Å². The van der Waals surface area contributed by atoms with E-state index in [0.29, 0.717) is 29.4 Å². The molecule has 8 nitrogen and oxygen atoms in total. The van der Waals surface area contributed by atoms with Gasteiger partial charge in [0.15, 0.2) is 0 Å². The fourth-order valence-corrected chi connectivity index (χ4v) is 6.12. The lowest BCUT2D eigenvalue weighted by Gasteiger charge is -2.35. The number of fused-ring (bicyclic) bond motifs is 1. The van der Waals surface area contributed by atoms with E-state index >= 15 is 0 Å². The minimum Gasteiger partial charge on any atom is -0.389 e. The third-order valence-corrected chi connectivity index (χ3v) is 8.30. The molecule has 0 bridgehead atoms. The van der Waals surface area contributed by atoms with Crippen molar-refractivity contribution in [3.8, 4) is 0 Å². The van der Waals surface area contributed by atoms with Gasteiger partial charge in [0.1, 0.15) is 11.4 Å². The minimum atomic E-state index is -4.66. The van der Waals surface area contributed by atoms with E-state index in [4.69, 9.17) is 0 Å². The standard InChI is InChI=1S/C32H39F3N6O2/c1-19-15-21(20-11-13-41(14-12-20)18-30(2,3)43)9-10-24(19)39-29-37-17-23(32(33,34)35)27(40-29)36-16-22-7-6-8-25-26(22)31(4,5)28(42)38-25/h6-10,15,17,20,43H,11-14,16,18H2,1-5H3,(H,38,42)(H2,36,37,39,40). The number of carbonyl (C=O) groups excluding carboxylic acids is 1. The third kappa shape index (κ3) is 6.78. The highest BCUT2D eigenvalue weighted by atomic mass is 19.4. The van der Waals surface area contributed by atoms with Gasteiger partial charge in [0.25, 0.3) is 0 Å². The van der Waals surface area contributed by atoms with Crippen molar-refractivity contribution in [2.75, 3.05) is 35.6 Å².